The zero-order valence-corrected chi connectivity index (χ0v) is 25.7. The number of fused-ring (bicyclic) bond motifs is 8. The molecule has 12 nitrogen and oxygen atoms in total. The highest BCUT2D eigenvalue weighted by molar-refractivity contribution is 7.90. The fourth-order valence-corrected chi connectivity index (χ4v) is 6.79. The third-order valence-electron chi connectivity index (χ3n) is 8.69. The lowest BCUT2D eigenvalue weighted by molar-refractivity contribution is -0.190. The van der Waals surface area contributed by atoms with E-state index < -0.39 is 33.1 Å². The molecule has 1 amide bonds. The van der Waals surface area contributed by atoms with E-state index in [9.17, 15) is 26.4 Å². The van der Waals surface area contributed by atoms with Gasteiger partial charge in [-0.2, -0.15) is 13.2 Å². The van der Waals surface area contributed by atoms with Crippen molar-refractivity contribution in [2.24, 2.45) is 5.41 Å². The Hall–Kier alpha value is -3.92. The zero-order chi connectivity index (χ0) is 32.0. The zero-order valence-electron chi connectivity index (χ0n) is 24.9. The van der Waals surface area contributed by atoms with Gasteiger partial charge in [0.15, 0.2) is 5.82 Å². The first-order valence-electron chi connectivity index (χ1n) is 14.8. The molecule has 1 saturated heterocycles. The number of ether oxygens (including phenoxy) is 1. The molecule has 1 aliphatic carbocycles. The molecule has 1 unspecified atom stereocenters. The van der Waals surface area contributed by atoms with Crippen molar-refractivity contribution in [1.82, 2.24) is 29.8 Å². The Morgan fingerprint density at radius 2 is 1.91 bits per heavy atom. The first-order valence-corrected chi connectivity index (χ1v) is 16.3. The van der Waals surface area contributed by atoms with Crippen molar-refractivity contribution in [3.63, 3.8) is 0 Å². The van der Waals surface area contributed by atoms with Crippen LogP contribution in [0.4, 0.5) is 24.8 Å². The number of pyridine rings is 2. The normalized spacial score (nSPS) is 22.2. The third-order valence-corrected chi connectivity index (χ3v) is 10.0. The number of nitrogens with zero attached hydrogens (tertiary/aromatic N) is 5. The third kappa shape index (κ3) is 6.43. The molecule has 1 atom stereocenters. The lowest BCUT2D eigenvalue weighted by atomic mass is 9.99. The van der Waals surface area contributed by atoms with Crippen molar-refractivity contribution in [3.05, 3.63) is 48.3 Å². The van der Waals surface area contributed by atoms with Crippen molar-refractivity contribution in [1.29, 1.82) is 0 Å². The van der Waals surface area contributed by atoms with Gasteiger partial charge in [-0.1, -0.05) is 0 Å². The van der Waals surface area contributed by atoms with Crippen molar-refractivity contribution in [2.45, 2.75) is 68.6 Å². The van der Waals surface area contributed by atoms with Gasteiger partial charge in [0, 0.05) is 43.1 Å². The Morgan fingerprint density at radius 3 is 2.62 bits per heavy atom. The number of rotatable bonds is 5. The molecule has 4 aliphatic rings. The largest absolute Gasteiger partial charge is 0.477 e. The molecule has 0 radical (unpaired) electrons. The van der Waals surface area contributed by atoms with Crippen LogP contribution in [0.1, 0.15) is 56.3 Å². The summed E-state index contributed by atoms with van der Waals surface area (Å²) in [6.45, 7) is 5.80. The Labute approximate surface area is 258 Å². The van der Waals surface area contributed by atoms with Gasteiger partial charge in [-0.25, -0.2) is 27.8 Å². The predicted molar refractivity (Wildman–Crippen MR) is 159 cm³/mol. The molecule has 3 aromatic rings. The van der Waals surface area contributed by atoms with Crippen LogP contribution in [0.3, 0.4) is 0 Å². The number of alkyl halides is 3. The second kappa shape index (κ2) is 11.5. The molecule has 45 heavy (non-hydrogen) atoms. The van der Waals surface area contributed by atoms with Crippen molar-refractivity contribution >= 4 is 27.6 Å². The summed E-state index contributed by atoms with van der Waals surface area (Å²) in [5.41, 5.74) is -2.06. The summed E-state index contributed by atoms with van der Waals surface area (Å²) in [5, 5.41) is 11.1. The highest BCUT2D eigenvalue weighted by Gasteiger charge is 2.62. The molecule has 3 N–H and O–H groups in total. The van der Waals surface area contributed by atoms with E-state index in [4.69, 9.17) is 9.72 Å². The molecule has 3 aromatic heterocycles. The second-order valence-corrected chi connectivity index (χ2v) is 14.1. The molecule has 0 aromatic carbocycles. The van der Waals surface area contributed by atoms with Gasteiger partial charge in [-0.3, -0.25) is 4.79 Å². The van der Waals surface area contributed by atoms with E-state index in [2.05, 4.69) is 25.4 Å². The Balaban J connectivity index is 1.29. The first-order chi connectivity index (χ1) is 21.3. The molecule has 2 fully saturated rings. The van der Waals surface area contributed by atoms with Gasteiger partial charge in [0.25, 0.3) is 15.9 Å². The molecule has 6 heterocycles. The quantitative estimate of drug-likeness (QED) is 0.375. The van der Waals surface area contributed by atoms with Crippen LogP contribution < -0.4 is 25.0 Å². The molecular formula is C29H35F3N8O4S. The predicted octanol–water partition coefficient (Wildman–Crippen LogP) is 3.65. The number of halogens is 3. The van der Waals surface area contributed by atoms with E-state index in [1.807, 2.05) is 18.7 Å². The molecule has 4 bridgehead atoms. The number of hydrogen-bond donors (Lipinski definition) is 3. The van der Waals surface area contributed by atoms with E-state index in [-0.39, 0.29) is 54.1 Å². The number of nitrogens with one attached hydrogen (secondary N) is 3. The maximum atomic E-state index is 13.6. The summed E-state index contributed by atoms with van der Waals surface area (Å²) in [7, 11) is -4.25. The van der Waals surface area contributed by atoms with Crippen LogP contribution in [-0.2, 0) is 10.0 Å². The van der Waals surface area contributed by atoms with Crippen molar-refractivity contribution in [3.8, 4) is 11.7 Å². The summed E-state index contributed by atoms with van der Waals surface area (Å²) < 4.78 is 75.2. The lowest BCUT2D eigenvalue weighted by Crippen LogP contribution is -2.41. The van der Waals surface area contributed by atoms with Gasteiger partial charge in [0.05, 0.1) is 17.6 Å². The molecule has 242 valence electrons. The fraction of sp³-hybridized carbons (Fsp3) is 0.517. The van der Waals surface area contributed by atoms with Crippen LogP contribution in [0.25, 0.3) is 5.82 Å². The number of anilines is 2. The number of hydrogen-bond acceptors (Lipinski definition) is 10. The van der Waals surface area contributed by atoms with E-state index in [0.29, 0.717) is 24.7 Å². The lowest BCUT2D eigenvalue weighted by Gasteiger charge is -2.33. The average molecular weight is 649 g/mol. The van der Waals surface area contributed by atoms with E-state index >= 15 is 0 Å². The topological polar surface area (TPSA) is 143 Å². The summed E-state index contributed by atoms with van der Waals surface area (Å²) in [5.74, 6) is 0.400. The minimum absolute atomic E-state index is 0.0529. The molecular weight excluding hydrogens is 613 g/mol. The number of aromatic nitrogens is 4. The van der Waals surface area contributed by atoms with Crippen LogP contribution in [0, 0.1) is 5.41 Å². The maximum Gasteiger partial charge on any atom is 0.394 e. The number of carbonyl (C=O) groups is 1. The molecule has 1 saturated carbocycles. The second-order valence-electron chi connectivity index (χ2n) is 12.4. The van der Waals surface area contributed by atoms with Crippen LogP contribution in [0.2, 0.25) is 0 Å². The van der Waals surface area contributed by atoms with E-state index in [1.54, 1.807) is 12.3 Å². The number of amides is 1. The fourth-order valence-electron chi connectivity index (χ4n) is 5.88. The number of sulfonamides is 1. The van der Waals surface area contributed by atoms with Gasteiger partial charge in [-0.05, 0) is 76.8 Å². The minimum atomic E-state index is -4.26. The van der Waals surface area contributed by atoms with Crippen molar-refractivity contribution < 1.29 is 31.1 Å². The van der Waals surface area contributed by atoms with Crippen LogP contribution in [0.5, 0.6) is 5.88 Å². The van der Waals surface area contributed by atoms with E-state index in [1.165, 1.54) is 35.1 Å². The maximum absolute atomic E-state index is 13.6. The van der Waals surface area contributed by atoms with Gasteiger partial charge in [-0.15, -0.1) is 5.10 Å². The molecule has 0 spiro atoms. The summed E-state index contributed by atoms with van der Waals surface area (Å²) in [6, 6.07) is 7.54. The van der Waals surface area contributed by atoms with E-state index in [0.717, 1.165) is 19.4 Å². The summed E-state index contributed by atoms with van der Waals surface area (Å²) >= 11 is 0. The van der Waals surface area contributed by atoms with Gasteiger partial charge >= 0.3 is 6.18 Å². The number of carbonyl (C=O) groups excluding carboxylic acids is 1. The Kier molecular flexibility index (Phi) is 7.92. The Bertz CT molecular complexity index is 1670. The van der Waals surface area contributed by atoms with Gasteiger partial charge in [0.2, 0.25) is 5.88 Å². The SMILES string of the molecule is CC1(C)CC2CN1c1nc(-n3ccc(OCCC4(C(F)(F)F)CC4)n3)ccc1C(=O)NS(=O)(=O)c1ccc(nc1)NCCCN2. The molecule has 3 aliphatic heterocycles. The minimum Gasteiger partial charge on any atom is -0.477 e. The van der Waals surface area contributed by atoms with Crippen LogP contribution in [-0.4, -0.2) is 78.1 Å². The summed E-state index contributed by atoms with van der Waals surface area (Å²) in [4.78, 5) is 24.3. The summed E-state index contributed by atoms with van der Waals surface area (Å²) in [6.07, 6.45) is 0.108. The molecule has 16 heteroatoms. The van der Waals surface area contributed by atoms with Crippen LogP contribution >= 0.6 is 0 Å². The smallest absolute Gasteiger partial charge is 0.394 e. The highest BCUT2D eigenvalue weighted by Crippen LogP contribution is 2.59. The first kappa shape index (κ1) is 31.1. The highest BCUT2D eigenvalue weighted by atomic mass is 32.2. The average Bonchev–Trinajstić information content (AvgIpc) is 3.53. The van der Waals surface area contributed by atoms with Gasteiger partial charge in [0.1, 0.15) is 16.5 Å². The monoisotopic (exact) mass is 648 g/mol. The van der Waals surface area contributed by atoms with Crippen molar-refractivity contribution in [2.75, 3.05) is 36.5 Å². The van der Waals surface area contributed by atoms with Gasteiger partial charge < -0.3 is 20.3 Å². The van der Waals surface area contributed by atoms with Crippen LogP contribution in [0.15, 0.2) is 47.6 Å². The Morgan fingerprint density at radius 1 is 1.11 bits per heavy atom. The molecule has 7 rings (SSSR count). The standard InChI is InChI=1S/C29H35F3N8O4S/c1-27(2)16-19-18-39(27)25-21(26(41)38-45(42,43)20-4-6-22(35-17-20)34-13-3-12-33-19)5-7-23(36-25)40-14-8-24(37-40)44-15-11-28(9-10-28)29(30,31)32/h4-8,14,17,19,33H,3,9-13,15-16,18H2,1-2H3,(H,34,35)(H,38,41).